The number of benzene rings is 2. The first-order valence-electron chi connectivity index (χ1n) is 9.10. The number of hydrogen-bond donors (Lipinski definition) is 3. The second kappa shape index (κ2) is 8.48. The highest BCUT2D eigenvalue weighted by Crippen LogP contribution is 2.33. The fraction of sp³-hybridized carbons (Fsp3) is 0.0952. The van der Waals surface area contributed by atoms with E-state index in [2.05, 4.69) is 32.5 Å². The van der Waals surface area contributed by atoms with Crippen LogP contribution in [0, 0.1) is 5.82 Å². The number of anilines is 5. The van der Waals surface area contributed by atoms with Crippen LogP contribution in [-0.4, -0.2) is 29.1 Å². The van der Waals surface area contributed by atoms with Gasteiger partial charge in [0.1, 0.15) is 13.2 Å². The maximum atomic E-state index is 14.2. The van der Waals surface area contributed by atoms with Crippen molar-refractivity contribution in [2.24, 2.45) is 0 Å². The van der Waals surface area contributed by atoms with Crippen LogP contribution in [0.5, 0.6) is 11.5 Å². The van der Waals surface area contributed by atoms with Gasteiger partial charge in [0, 0.05) is 23.1 Å². The van der Waals surface area contributed by atoms with Crippen LogP contribution in [0.2, 0.25) is 0 Å². The smallest absolute Gasteiger partial charge is 0.247 e. The summed E-state index contributed by atoms with van der Waals surface area (Å²) in [4.78, 5) is 19.6. The fourth-order valence-electron chi connectivity index (χ4n) is 2.77. The van der Waals surface area contributed by atoms with Crippen molar-refractivity contribution < 1.29 is 18.7 Å². The van der Waals surface area contributed by atoms with E-state index in [1.54, 1.807) is 42.5 Å². The highest BCUT2D eigenvalue weighted by Gasteiger charge is 2.13. The second-order valence-electron chi connectivity index (χ2n) is 6.27. The van der Waals surface area contributed by atoms with Crippen molar-refractivity contribution in [3.8, 4) is 11.5 Å². The van der Waals surface area contributed by atoms with Crippen molar-refractivity contribution in [3.05, 3.63) is 67.1 Å². The van der Waals surface area contributed by atoms with Gasteiger partial charge in [-0.3, -0.25) is 4.79 Å². The van der Waals surface area contributed by atoms with Crippen LogP contribution in [0.15, 0.2) is 61.3 Å². The number of carbonyl (C=O) groups excluding carboxylic acids is 1. The molecule has 0 bridgehead atoms. The lowest BCUT2D eigenvalue weighted by atomic mass is 10.2. The summed E-state index contributed by atoms with van der Waals surface area (Å²) in [6.45, 7) is 4.39. The number of rotatable bonds is 6. The van der Waals surface area contributed by atoms with Crippen LogP contribution in [0.4, 0.5) is 33.2 Å². The van der Waals surface area contributed by atoms with Gasteiger partial charge in [0.25, 0.3) is 0 Å². The molecule has 0 atom stereocenters. The second-order valence-corrected chi connectivity index (χ2v) is 6.27. The Morgan fingerprint density at radius 2 is 1.80 bits per heavy atom. The largest absolute Gasteiger partial charge is 0.486 e. The van der Waals surface area contributed by atoms with Crippen molar-refractivity contribution in [1.29, 1.82) is 0 Å². The molecule has 8 nitrogen and oxygen atoms in total. The predicted molar refractivity (Wildman–Crippen MR) is 111 cm³/mol. The number of halogens is 1. The van der Waals surface area contributed by atoms with E-state index in [9.17, 15) is 9.18 Å². The molecule has 1 amide bonds. The number of nitrogens with zero attached hydrogens (tertiary/aromatic N) is 2. The Morgan fingerprint density at radius 1 is 1.03 bits per heavy atom. The van der Waals surface area contributed by atoms with Gasteiger partial charge >= 0.3 is 0 Å². The van der Waals surface area contributed by atoms with Gasteiger partial charge in [0.05, 0.1) is 6.20 Å². The molecule has 0 spiro atoms. The maximum absolute atomic E-state index is 14.2. The van der Waals surface area contributed by atoms with Crippen LogP contribution in [0.3, 0.4) is 0 Å². The van der Waals surface area contributed by atoms with E-state index in [4.69, 9.17) is 9.47 Å². The third kappa shape index (κ3) is 4.46. The third-order valence-electron chi connectivity index (χ3n) is 4.12. The van der Waals surface area contributed by atoms with Gasteiger partial charge < -0.3 is 25.4 Å². The maximum Gasteiger partial charge on any atom is 0.247 e. The summed E-state index contributed by atoms with van der Waals surface area (Å²) in [5.41, 5.74) is 1.75. The Balaban J connectivity index is 1.52. The number of fused-ring (bicyclic) bond motifs is 1. The molecule has 2 aromatic carbocycles. The number of aromatic nitrogens is 2. The molecule has 0 saturated carbocycles. The van der Waals surface area contributed by atoms with Crippen LogP contribution < -0.4 is 25.4 Å². The first-order valence-corrected chi connectivity index (χ1v) is 9.10. The summed E-state index contributed by atoms with van der Waals surface area (Å²) in [6, 6.07) is 12.1. The van der Waals surface area contributed by atoms with E-state index in [-0.39, 0.29) is 17.7 Å². The molecule has 152 valence electrons. The topological polar surface area (TPSA) is 97.4 Å². The SMILES string of the molecule is C=CC(=O)Nc1cccc(Nc2nc(Nc3ccc4c(c3)OCCO4)ncc2F)c1. The molecule has 3 N–H and O–H groups in total. The lowest BCUT2D eigenvalue weighted by Crippen LogP contribution is -2.15. The van der Waals surface area contributed by atoms with Crippen molar-refractivity contribution in [1.82, 2.24) is 9.97 Å². The van der Waals surface area contributed by atoms with Gasteiger partial charge in [-0.25, -0.2) is 9.37 Å². The highest BCUT2D eigenvalue weighted by molar-refractivity contribution is 5.99. The lowest BCUT2D eigenvalue weighted by molar-refractivity contribution is -0.111. The van der Waals surface area contributed by atoms with Gasteiger partial charge in [0.15, 0.2) is 23.1 Å². The average molecular weight is 407 g/mol. The summed E-state index contributed by atoms with van der Waals surface area (Å²) >= 11 is 0. The van der Waals surface area contributed by atoms with Gasteiger partial charge in [0.2, 0.25) is 11.9 Å². The summed E-state index contributed by atoms with van der Waals surface area (Å²) in [5.74, 6) is 0.501. The molecule has 2 heterocycles. The first kappa shape index (κ1) is 19.2. The minimum absolute atomic E-state index is 0.0164. The number of amides is 1. The van der Waals surface area contributed by atoms with Crippen LogP contribution >= 0.6 is 0 Å². The number of ether oxygens (including phenoxy) is 2. The molecular weight excluding hydrogens is 389 g/mol. The van der Waals surface area contributed by atoms with Crippen LogP contribution in [-0.2, 0) is 4.79 Å². The van der Waals surface area contributed by atoms with Gasteiger partial charge in [-0.05, 0) is 36.4 Å². The first-order chi connectivity index (χ1) is 14.6. The number of nitrogens with one attached hydrogen (secondary N) is 3. The van der Waals surface area contributed by atoms with Crippen molar-refractivity contribution in [2.75, 3.05) is 29.2 Å². The normalized spacial score (nSPS) is 12.0. The Morgan fingerprint density at radius 3 is 2.63 bits per heavy atom. The molecule has 0 fully saturated rings. The molecular formula is C21H18FN5O3. The zero-order chi connectivity index (χ0) is 20.9. The number of hydrogen-bond acceptors (Lipinski definition) is 7. The molecule has 1 aromatic heterocycles. The van der Waals surface area contributed by atoms with E-state index in [0.717, 1.165) is 6.20 Å². The number of carbonyl (C=O) groups is 1. The van der Waals surface area contributed by atoms with E-state index in [1.807, 2.05) is 0 Å². The van der Waals surface area contributed by atoms with E-state index in [0.29, 0.717) is 41.8 Å². The van der Waals surface area contributed by atoms with Crippen molar-refractivity contribution in [2.45, 2.75) is 0 Å². The molecule has 9 heteroatoms. The molecule has 1 aliphatic rings. The minimum Gasteiger partial charge on any atom is -0.486 e. The molecule has 1 aliphatic heterocycles. The molecule has 0 aliphatic carbocycles. The Labute approximate surface area is 171 Å². The third-order valence-corrected chi connectivity index (χ3v) is 4.12. The zero-order valence-corrected chi connectivity index (χ0v) is 15.8. The average Bonchev–Trinajstić information content (AvgIpc) is 2.76. The predicted octanol–water partition coefficient (Wildman–Crippen LogP) is 4.00. The Hall–Kier alpha value is -4.14. The summed E-state index contributed by atoms with van der Waals surface area (Å²) in [6.07, 6.45) is 2.24. The summed E-state index contributed by atoms with van der Waals surface area (Å²) in [5, 5.41) is 8.56. The van der Waals surface area contributed by atoms with Crippen molar-refractivity contribution >= 4 is 34.7 Å². The van der Waals surface area contributed by atoms with Crippen LogP contribution in [0.1, 0.15) is 0 Å². The Bertz CT molecular complexity index is 1110. The minimum atomic E-state index is -0.622. The zero-order valence-electron chi connectivity index (χ0n) is 15.8. The molecule has 3 aromatic rings. The summed E-state index contributed by atoms with van der Waals surface area (Å²) < 4.78 is 25.3. The lowest BCUT2D eigenvalue weighted by Gasteiger charge is -2.19. The highest BCUT2D eigenvalue weighted by atomic mass is 19.1. The van der Waals surface area contributed by atoms with E-state index >= 15 is 0 Å². The molecule has 4 rings (SSSR count). The van der Waals surface area contributed by atoms with E-state index < -0.39 is 5.82 Å². The monoisotopic (exact) mass is 407 g/mol. The Kier molecular flexibility index (Phi) is 5.42. The van der Waals surface area contributed by atoms with Gasteiger partial charge in [-0.2, -0.15) is 4.98 Å². The molecule has 0 radical (unpaired) electrons. The van der Waals surface area contributed by atoms with Gasteiger partial charge in [-0.15, -0.1) is 0 Å². The van der Waals surface area contributed by atoms with Crippen molar-refractivity contribution in [3.63, 3.8) is 0 Å². The molecule has 0 saturated heterocycles. The molecule has 0 unspecified atom stereocenters. The van der Waals surface area contributed by atoms with Crippen LogP contribution in [0.25, 0.3) is 0 Å². The quantitative estimate of drug-likeness (QED) is 0.532. The van der Waals surface area contributed by atoms with E-state index in [1.165, 1.54) is 6.08 Å². The fourth-order valence-corrected chi connectivity index (χ4v) is 2.77. The van der Waals surface area contributed by atoms with Gasteiger partial charge in [-0.1, -0.05) is 12.6 Å². The molecule has 30 heavy (non-hydrogen) atoms. The summed E-state index contributed by atoms with van der Waals surface area (Å²) in [7, 11) is 0. The standard InChI is InChI=1S/C21H18FN5O3/c1-2-19(28)24-13-4-3-5-14(10-13)25-20-16(22)12-23-21(27-20)26-15-6-7-17-18(11-15)30-9-8-29-17/h2-7,10-12H,1,8-9H2,(H,24,28)(H2,23,25,26,27).